The van der Waals surface area contributed by atoms with Gasteiger partial charge in [-0.1, -0.05) is 11.6 Å². The quantitative estimate of drug-likeness (QED) is 0.697. The van der Waals surface area contributed by atoms with E-state index in [1.807, 2.05) is 0 Å². The number of ether oxygens (including phenoxy) is 1. The second-order valence-electron chi connectivity index (χ2n) is 4.74. The van der Waals surface area contributed by atoms with E-state index in [2.05, 4.69) is 15.0 Å². The van der Waals surface area contributed by atoms with Crippen LogP contribution >= 0.6 is 11.6 Å². The van der Waals surface area contributed by atoms with Gasteiger partial charge in [0.05, 0.1) is 0 Å². The number of nitrogen functional groups attached to an aromatic ring is 2. The van der Waals surface area contributed by atoms with Gasteiger partial charge in [-0.3, -0.25) is 0 Å². The number of furan rings is 1. The van der Waals surface area contributed by atoms with Crippen molar-refractivity contribution in [3.8, 4) is 0 Å². The van der Waals surface area contributed by atoms with Crippen LogP contribution in [-0.4, -0.2) is 20.9 Å². The summed E-state index contributed by atoms with van der Waals surface area (Å²) in [5, 5.41) is 1.30. The zero-order chi connectivity index (χ0) is 16.6. The molecule has 0 amide bonds. The highest BCUT2D eigenvalue weighted by Crippen LogP contribution is 2.28. The van der Waals surface area contributed by atoms with Crippen molar-refractivity contribution >= 4 is 40.4 Å². The number of carbonyl (C=O) groups excluding carboxylic acids is 1. The highest BCUT2D eigenvalue weighted by Gasteiger charge is 2.20. The predicted molar refractivity (Wildman–Crippen MR) is 83.7 cm³/mol. The summed E-state index contributed by atoms with van der Waals surface area (Å²) in [5.74, 6) is -0.485. The van der Waals surface area contributed by atoms with Gasteiger partial charge in [0.2, 0.25) is 17.7 Å². The van der Waals surface area contributed by atoms with Crippen LogP contribution in [0.1, 0.15) is 21.9 Å². The van der Waals surface area contributed by atoms with Crippen molar-refractivity contribution < 1.29 is 13.9 Å². The summed E-state index contributed by atoms with van der Waals surface area (Å²) in [6.45, 7) is 1.55. The molecule has 118 valence electrons. The lowest BCUT2D eigenvalue weighted by atomic mass is 10.1. The Kier molecular flexibility index (Phi) is 3.75. The van der Waals surface area contributed by atoms with Crippen molar-refractivity contribution in [1.82, 2.24) is 15.0 Å². The Bertz CT molecular complexity index is 889. The molecule has 4 N–H and O–H groups in total. The molecule has 0 atom stereocenters. The molecule has 0 saturated heterocycles. The molecule has 1 aromatic carbocycles. The van der Waals surface area contributed by atoms with Crippen LogP contribution in [0.15, 0.2) is 22.6 Å². The minimum Gasteiger partial charge on any atom is -0.452 e. The molecule has 0 aliphatic carbocycles. The molecule has 0 aliphatic heterocycles. The van der Waals surface area contributed by atoms with Gasteiger partial charge in [-0.15, -0.1) is 0 Å². The summed E-state index contributed by atoms with van der Waals surface area (Å²) in [6.07, 6.45) is 0. The second kappa shape index (κ2) is 5.73. The standard InChI is InChI=1S/C14H12ClN5O3/c1-6-8-4-7(15)2-3-9(8)23-11(6)12(21)22-5-10-18-13(16)20-14(17)19-10/h2-4H,5H2,1H3,(H4,16,17,18,19,20). The number of rotatable bonds is 3. The third-order valence-corrected chi connectivity index (χ3v) is 3.37. The van der Waals surface area contributed by atoms with Crippen LogP contribution in [0.5, 0.6) is 0 Å². The molecule has 0 fully saturated rings. The molecule has 0 unspecified atom stereocenters. The number of aromatic nitrogens is 3. The second-order valence-corrected chi connectivity index (χ2v) is 5.18. The average molecular weight is 334 g/mol. The first-order valence-corrected chi connectivity index (χ1v) is 6.93. The zero-order valence-corrected chi connectivity index (χ0v) is 12.8. The lowest BCUT2D eigenvalue weighted by molar-refractivity contribution is 0.0427. The van der Waals surface area contributed by atoms with Crippen LogP contribution in [0.25, 0.3) is 11.0 Å². The molecule has 2 aromatic heterocycles. The number of hydrogen-bond donors (Lipinski definition) is 2. The fourth-order valence-electron chi connectivity index (χ4n) is 2.10. The van der Waals surface area contributed by atoms with Gasteiger partial charge in [-0.25, -0.2) is 4.79 Å². The van der Waals surface area contributed by atoms with Crippen LogP contribution in [0, 0.1) is 6.92 Å². The molecule has 0 spiro atoms. The lowest BCUT2D eigenvalue weighted by Crippen LogP contribution is -2.11. The van der Waals surface area contributed by atoms with E-state index in [0.717, 1.165) is 5.39 Å². The van der Waals surface area contributed by atoms with E-state index in [0.29, 0.717) is 16.2 Å². The Hall–Kier alpha value is -2.87. The van der Waals surface area contributed by atoms with Gasteiger partial charge in [-0.2, -0.15) is 15.0 Å². The fraction of sp³-hybridized carbons (Fsp3) is 0.143. The highest BCUT2D eigenvalue weighted by molar-refractivity contribution is 6.31. The van der Waals surface area contributed by atoms with Gasteiger partial charge in [0.1, 0.15) is 5.58 Å². The molecule has 2 heterocycles. The maximum atomic E-state index is 12.2. The Morgan fingerprint density at radius 2 is 1.96 bits per heavy atom. The van der Waals surface area contributed by atoms with Gasteiger partial charge in [0.25, 0.3) is 0 Å². The van der Waals surface area contributed by atoms with Gasteiger partial charge < -0.3 is 20.6 Å². The average Bonchev–Trinajstić information content (AvgIpc) is 2.81. The number of halogens is 1. The summed E-state index contributed by atoms with van der Waals surface area (Å²) in [5.41, 5.74) is 12.1. The number of nitrogens with zero attached hydrogens (tertiary/aromatic N) is 3. The van der Waals surface area contributed by atoms with Gasteiger partial charge in [-0.05, 0) is 25.1 Å². The molecule has 8 nitrogen and oxygen atoms in total. The highest BCUT2D eigenvalue weighted by atomic mass is 35.5. The van der Waals surface area contributed by atoms with E-state index in [-0.39, 0.29) is 30.1 Å². The van der Waals surface area contributed by atoms with Crippen molar-refractivity contribution in [2.45, 2.75) is 13.5 Å². The Morgan fingerprint density at radius 3 is 2.65 bits per heavy atom. The van der Waals surface area contributed by atoms with Crippen LogP contribution in [0.2, 0.25) is 5.02 Å². The summed E-state index contributed by atoms with van der Waals surface area (Å²) >= 11 is 5.95. The molecule has 0 bridgehead atoms. The molecule has 0 radical (unpaired) electrons. The number of nitrogens with two attached hydrogens (primary N) is 2. The number of fused-ring (bicyclic) bond motifs is 1. The maximum Gasteiger partial charge on any atom is 0.375 e. The van der Waals surface area contributed by atoms with Crippen molar-refractivity contribution in [2.75, 3.05) is 11.5 Å². The molecule has 0 aliphatic rings. The number of benzene rings is 1. The monoisotopic (exact) mass is 333 g/mol. The van der Waals surface area contributed by atoms with Crippen molar-refractivity contribution in [1.29, 1.82) is 0 Å². The smallest absolute Gasteiger partial charge is 0.375 e. The largest absolute Gasteiger partial charge is 0.452 e. The maximum absolute atomic E-state index is 12.2. The van der Waals surface area contributed by atoms with Crippen LogP contribution in [0.4, 0.5) is 11.9 Å². The third-order valence-electron chi connectivity index (χ3n) is 3.13. The van der Waals surface area contributed by atoms with Crippen molar-refractivity contribution in [2.24, 2.45) is 0 Å². The SMILES string of the molecule is Cc1c(C(=O)OCc2nc(N)nc(N)n2)oc2ccc(Cl)cc12. The summed E-state index contributed by atoms with van der Waals surface area (Å²) in [4.78, 5) is 23.5. The first-order chi connectivity index (χ1) is 10.9. The Morgan fingerprint density at radius 1 is 1.26 bits per heavy atom. The third kappa shape index (κ3) is 3.02. The normalized spacial score (nSPS) is 10.9. The van der Waals surface area contributed by atoms with Crippen LogP contribution < -0.4 is 11.5 Å². The van der Waals surface area contributed by atoms with E-state index < -0.39 is 5.97 Å². The minimum atomic E-state index is -0.646. The van der Waals surface area contributed by atoms with Crippen molar-refractivity contribution in [3.63, 3.8) is 0 Å². The number of hydrogen-bond acceptors (Lipinski definition) is 8. The lowest BCUT2D eigenvalue weighted by Gasteiger charge is -2.03. The van der Waals surface area contributed by atoms with Crippen molar-refractivity contribution in [3.05, 3.63) is 40.4 Å². The van der Waals surface area contributed by atoms with Gasteiger partial charge in [0.15, 0.2) is 12.4 Å². The van der Waals surface area contributed by atoms with Gasteiger partial charge >= 0.3 is 5.97 Å². The fourth-order valence-corrected chi connectivity index (χ4v) is 2.28. The van der Waals surface area contributed by atoms with Gasteiger partial charge in [0, 0.05) is 16.0 Å². The van der Waals surface area contributed by atoms with E-state index in [9.17, 15) is 4.79 Å². The summed E-state index contributed by atoms with van der Waals surface area (Å²) in [7, 11) is 0. The first-order valence-electron chi connectivity index (χ1n) is 6.55. The van der Waals surface area contributed by atoms with E-state index >= 15 is 0 Å². The number of carbonyl (C=O) groups is 1. The Balaban J connectivity index is 1.82. The number of esters is 1. The summed E-state index contributed by atoms with van der Waals surface area (Å²) < 4.78 is 10.7. The first kappa shape index (κ1) is 15.0. The van der Waals surface area contributed by atoms with Crippen LogP contribution in [0.3, 0.4) is 0 Å². The molecule has 23 heavy (non-hydrogen) atoms. The van der Waals surface area contributed by atoms with E-state index in [1.54, 1.807) is 25.1 Å². The van der Waals surface area contributed by atoms with E-state index in [4.69, 9.17) is 32.2 Å². The Labute approximate surface area is 135 Å². The molecule has 9 heteroatoms. The van der Waals surface area contributed by atoms with Crippen LogP contribution in [-0.2, 0) is 11.3 Å². The summed E-state index contributed by atoms with van der Waals surface area (Å²) in [6, 6.07) is 5.09. The minimum absolute atomic E-state index is 0.0434. The topological polar surface area (TPSA) is 130 Å². The molecular formula is C14H12ClN5O3. The molecule has 3 rings (SSSR count). The van der Waals surface area contributed by atoms with E-state index in [1.165, 1.54) is 0 Å². The molecule has 0 saturated carbocycles. The molecule has 3 aromatic rings. The number of anilines is 2. The zero-order valence-electron chi connectivity index (χ0n) is 12.0. The predicted octanol–water partition coefficient (Wildman–Crippen LogP) is 2.10. The molecular weight excluding hydrogens is 322 g/mol. The number of aryl methyl sites for hydroxylation is 1.